The molecule has 0 bridgehead atoms. The van der Waals surface area contributed by atoms with E-state index < -0.39 is 6.10 Å². The largest absolute Gasteiger partial charge is 0.491 e. The van der Waals surface area contributed by atoms with Crippen LogP contribution in [-0.4, -0.2) is 48.8 Å². The van der Waals surface area contributed by atoms with Crippen molar-refractivity contribution in [1.82, 2.24) is 4.90 Å². The first-order chi connectivity index (χ1) is 13.8. The van der Waals surface area contributed by atoms with E-state index in [1.54, 1.807) is 0 Å². The highest BCUT2D eigenvalue weighted by atomic mass is 16.5. The Labute approximate surface area is 174 Å². The van der Waals surface area contributed by atoms with E-state index in [2.05, 4.69) is 29.2 Å². The predicted molar refractivity (Wildman–Crippen MR) is 116 cm³/mol. The Balaban J connectivity index is 1.82. The Morgan fingerprint density at radius 3 is 2.48 bits per heavy atom. The van der Waals surface area contributed by atoms with Crippen molar-refractivity contribution in [1.29, 1.82) is 0 Å². The van der Waals surface area contributed by atoms with E-state index in [4.69, 9.17) is 9.47 Å². The van der Waals surface area contributed by atoms with Crippen LogP contribution in [0.15, 0.2) is 36.4 Å². The summed E-state index contributed by atoms with van der Waals surface area (Å²) >= 11 is 0. The van der Waals surface area contributed by atoms with Crippen LogP contribution in [0, 0.1) is 20.8 Å². The molecule has 0 fully saturated rings. The molecule has 158 valence electrons. The van der Waals surface area contributed by atoms with Gasteiger partial charge in [0.05, 0.1) is 0 Å². The van der Waals surface area contributed by atoms with Crippen molar-refractivity contribution in [2.24, 2.45) is 0 Å². The van der Waals surface area contributed by atoms with E-state index in [9.17, 15) is 9.90 Å². The second-order valence-electron chi connectivity index (χ2n) is 7.68. The average Bonchev–Trinajstić information content (AvgIpc) is 2.67. The van der Waals surface area contributed by atoms with Gasteiger partial charge in [-0.1, -0.05) is 30.3 Å². The molecule has 0 heterocycles. The molecule has 0 aromatic heterocycles. The normalized spacial score (nSPS) is 12.1. The number of nitrogens with zero attached hydrogens (tertiary/aromatic N) is 1. The number of rotatable bonds is 10. The van der Waals surface area contributed by atoms with Crippen molar-refractivity contribution < 1.29 is 19.4 Å². The number of aliphatic hydroxyl groups is 1. The zero-order valence-electron chi connectivity index (χ0n) is 18.2. The number of carbonyl (C=O) groups excluding carboxylic acids is 1. The van der Waals surface area contributed by atoms with E-state index >= 15 is 0 Å². The molecule has 1 N–H and O–H groups in total. The van der Waals surface area contributed by atoms with Gasteiger partial charge >= 0.3 is 5.97 Å². The number of aryl methyl sites for hydroxylation is 2. The van der Waals surface area contributed by atoms with E-state index in [0.29, 0.717) is 18.0 Å². The van der Waals surface area contributed by atoms with Gasteiger partial charge < -0.3 is 19.5 Å². The third-order valence-electron chi connectivity index (χ3n) is 5.03. The third-order valence-corrected chi connectivity index (χ3v) is 5.03. The van der Waals surface area contributed by atoms with Crippen molar-refractivity contribution in [3.63, 3.8) is 0 Å². The fourth-order valence-electron chi connectivity index (χ4n) is 3.36. The van der Waals surface area contributed by atoms with Crippen molar-refractivity contribution in [3.8, 4) is 11.5 Å². The molecule has 0 aliphatic carbocycles. The molecule has 2 aromatic carbocycles. The molecule has 5 nitrogen and oxygen atoms in total. The Bertz CT molecular complexity index is 804. The standard InChI is InChI=1S/C24H33NO4/c1-17-14-23(18(2)19(3)24(17)29-20(4)26)28-16-22(27)15-25(5)13-9-12-21-10-7-6-8-11-21/h6-8,10-11,14,22,27H,9,12-13,15-16H2,1-5H3/t22-/m1/s1. The Hall–Kier alpha value is -2.37. The number of carbonyl (C=O) groups is 1. The molecule has 2 rings (SSSR count). The summed E-state index contributed by atoms with van der Waals surface area (Å²) in [6.45, 7) is 8.80. The third kappa shape index (κ3) is 7.18. The summed E-state index contributed by atoms with van der Waals surface area (Å²) in [5.41, 5.74) is 3.96. The molecule has 5 heteroatoms. The van der Waals surface area contributed by atoms with Crippen LogP contribution in [0.3, 0.4) is 0 Å². The minimum atomic E-state index is -0.579. The summed E-state index contributed by atoms with van der Waals surface area (Å²) < 4.78 is 11.2. The van der Waals surface area contributed by atoms with Gasteiger partial charge in [-0.15, -0.1) is 0 Å². The molecule has 0 saturated heterocycles. The maximum Gasteiger partial charge on any atom is 0.308 e. The van der Waals surface area contributed by atoms with Crippen LogP contribution in [0.4, 0.5) is 0 Å². The van der Waals surface area contributed by atoms with Gasteiger partial charge in [0, 0.05) is 13.5 Å². The van der Waals surface area contributed by atoms with E-state index in [0.717, 1.165) is 36.1 Å². The van der Waals surface area contributed by atoms with Gasteiger partial charge in [-0.05, 0) is 75.5 Å². The number of hydrogen-bond acceptors (Lipinski definition) is 5. The van der Waals surface area contributed by atoms with Gasteiger partial charge in [-0.2, -0.15) is 0 Å². The zero-order valence-corrected chi connectivity index (χ0v) is 18.2. The fourth-order valence-corrected chi connectivity index (χ4v) is 3.36. The number of aliphatic hydroxyl groups excluding tert-OH is 1. The zero-order chi connectivity index (χ0) is 21.4. The molecular weight excluding hydrogens is 366 g/mol. The quantitative estimate of drug-likeness (QED) is 0.486. The van der Waals surface area contributed by atoms with Gasteiger partial charge in [0.25, 0.3) is 0 Å². The highest BCUT2D eigenvalue weighted by molar-refractivity contribution is 5.71. The second-order valence-corrected chi connectivity index (χ2v) is 7.68. The highest BCUT2D eigenvalue weighted by Gasteiger charge is 2.16. The Morgan fingerprint density at radius 2 is 1.83 bits per heavy atom. The molecule has 0 unspecified atom stereocenters. The first-order valence-electron chi connectivity index (χ1n) is 10.1. The lowest BCUT2D eigenvalue weighted by molar-refractivity contribution is -0.131. The molecule has 1 atom stereocenters. The minimum absolute atomic E-state index is 0.218. The van der Waals surface area contributed by atoms with Gasteiger partial charge in [-0.3, -0.25) is 4.79 Å². The van der Waals surface area contributed by atoms with Gasteiger partial charge in [0.1, 0.15) is 24.2 Å². The first kappa shape index (κ1) is 22.9. The van der Waals surface area contributed by atoms with Gasteiger partial charge in [0.2, 0.25) is 0 Å². The van der Waals surface area contributed by atoms with Crippen LogP contribution in [0.2, 0.25) is 0 Å². The van der Waals surface area contributed by atoms with E-state index in [-0.39, 0.29) is 12.6 Å². The van der Waals surface area contributed by atoms with Crippen LogP contribution < -0.4 is 9.47 Å². The van der Waals surface area contributed by atoms with E-state index in [1.165, 1.54) is 12.5 Å². The van der Waals surface area contributed by atoms with Crippen molar-refractivity contribution >= 4 is 5.97 Å². The molecule has 29 heavy (non-hydrogen) atoms. The number of hydrogen-bond donors (Lipinski definition) is 1. The summed E-state index contributed by atoms with van der Waals surface area (Å²) in [7, 11) is 2.02. The monoisotopic (exact) mass is 399 g/mol. The van der Waals surface area contributed by atoms with Crippen LogP contribution in [-0.2, 0) is 11.2 Å². The maximum atomic E-state index is 11.3. The molecule has 0 aliphatic rings. The topological polar surface area (TPSA) is 59.0 Å². The molecule has 0 amide bonds. The Morgan fingerprint density at radius 1 is 1.14 bits per heavy atom. The second kappa shape index (κ2) is 11.0. The maximum absolute atomic E-state index is 11.3. The predicted octanol–water partition coefficient (Wildman–Crippen LogP) is 3.84. The lowest BCUT2D eigenvalue weighted by Crippen LogP contribution is -2.33. The van der Waals surface area contributed by atoms with Gasteiger partial charge in [0.15, 0.2) is 0 Å². The summed E-state index contributed by atoms with van der Waals surface area (Å²) in [6.07, 6.45) is 1.50. The van der Waals surface area contributed by atoms with Crippen LogP contribution >= 0.6 is 0 Å². The number of likely N-dealkylation sites (N-methyl/N-ethyl adjacent to an activating group) is 1. The van der Waals surface area contributed by atoms with Crippen molar-refractivity contribution in [3.05, 3.63) is 58.7 Å². The summed E-state index contributed by atoms with van der Waals surface area (Å²) in [4.78, 5) is 13.4. The van der Waals surface area contributed by atoms with Crippen LogP contribution in [0.5, 0.6) is 11.5 Å². The molecule has 0 spiro atoms. The highest BCUT2D eigenvalue weighted by Crippen LogP contribution is 2.33. The molecule has 0 saturated carbocycles. The minimum Gasteiger partial charge on any atom is -0.491 e. The summed E-state index contributed by atoms with van der Waals surface area (Å²) in [5, 5.41) is 10.4. The molecule has 0 radical (unpaired) electrons. The van der Waals surface area contributed by atoms with Crippen molar-refractivity contribution in [2.45, 2.75) is 46.6 Å². The van der Waals surface area contributed by atoms with Gasteiger partial charge in [-0.25, -0.2) is 0 Å². The smallest absolute Gasteiger partial charge is 0.308 e. The molecular formula is C24H33NO4. The first-order valence-corrected chi connectivity index (χ1v) is 10.1. The number of ether oxygens (including phenoxy) is 2. The Kier molecular flexibility index (Phi) is 8.68. The van der Waals surface area contributed by atoms with Crippen molar-refractivity contribution in [2.75, 3.05) is 26.7 Å². The SMILES string of the molecule is CC(=O)Oc1c(C)cc(OC[C@H](O)CN(C)CCCc2ccccc2)c(C)c1C. The fraction of sp³-hybridized carbons (Fsp3) is 0.458. The van der Waals surface area contributed by atoms with Crippen LogP contribution in [0.25, 0.3) is 0 Å². The number of esters is 1. The average molecular weight is 400 g/mol. The number of benzene rings is 2. The van der Waals surface area contributed by atoms with E-state index in [1.807, 2.05) is 40.0 Å². The summed E-state index contributed by atoms with van der Waals surface area (Å²) in [5.74, 6) is 0.956. The molecule has 0 aliphatic heterocycles. The van der Waals surface area contributed by atoms with Crippen LogP contribution in [0.1, 0.15) is 35.6 Å². The summed E-state index contributed by atoms with van der Waals surface area (Å²) in [6, 6.07) is 12.3. The molecule has 2 aromatic rings. The lowest BCUT2D eigenvalue weighted by Gasteiger charge is -2.22. The lowest BCUT2D eigenvalue weighted by atomic mass is 10.0.